The van der Waals surface area contributed by atoms with Crippen molar-refractivity contribution in [3.63, 3.8) is 0 Å². The molecule has 2 aromatic rings. The Balaban J connectivity index is 1.60. The Morgan fingerprint density at radius 3 is 3.00 bits per heavy atom. The minimum absolute atomic E-state index is 0.187. The van der Waals surface area contributed by atoms with Crippen molar-refractivity contribution in [2.45, 2.75) is 32.5 Å². The van der Waals surface area contributed by atoms with Gasteiger partial charge in [-0.15, -0.1) is 0 Å². The van der Waals surface area contributed by atoms with Crippen LogP contribution in [-0.2, 0) is 13.1 Å². The molecule has 122 valence electrons. The van der Waals surface area contributed by atoms with Gasteiger partial charge in [0.05, 0.1) is 12.2 Å². The molecule has 0 spiro atoms. The van der Waals surface area contributed by atoms with Crippen molar-refractivity contribution in [2.24, 2.45) is 5.73 Å². The Bertz CT molecular complexity index is 683. The standard InChI is InChI=1S/C16H22N6O/c1-2-22-9-7-14(20-22)16(23)18-10-13-4-3-5-15(19-13)21-8-6-12(17)11-21/h3-5,7,9,12H,2,6,8,10-11,17H2,1H3,(H,18,23). The molecule has 7 nitrogen and oxygen atoms in total. The quantitative estimate of drug-likeness (QED) is 0.851. The molecule has 2 aromatic heterocycles. The van der Waals surface area contributed by atoms with Gasteiger partial charge in [-0.3, -0.25) is 9.48 Å². The zero-order valence-electron chi connectivity index (χ0n) is 13.3. The molecule has 0 aliphatic carbocycles. The summed E-state index contributed by atoms with van der Waals surface area (Å²) in [6.07, 6.45) is 2.78. The van der Waals surface area contributed by atoms with Gasteiger partial charge in [0.1, 0.15) is 11.5 Å². The normalized spacial score (nSPS) is 17.5. The minimum Gasteiger partial charge on any atom is -0.355 e. The average molecular weight is 314 g/mol. The highest BCUT2D eigenvalue weighted by molar-refractivity contribution is 5.92. The first-order chi connectivity index (χ1) is 11.2. The van der Waals surface area contributed by atoms with Crippen LogP contribution in [0.15, 0.2) is 30.5 Å². The van der Waals surface area contributed by atoms with Crippen LogP contribution in [0, 0.1) is 0 Å². The number of amides is 1. The van der Waals surface area contributed by atoms with E-state index in [1.807, 2.05) is 25.1 Å². The Kier molecular flexibility index (Phi) is 4.57. The molecule has 3 rings (SSSR count). The summed E-state index contributed by atoms with van der Waals surface area (Å²) < 4.78 is 1.73. The molecule has 0 aromatic carbocycles. The number of aromatic nitrogens is 3. The maximum Gasteiger partial charge on any atom is 0.272 e. The van der Waals surface area contributed by atoms with Crippen molar-refractivity contribution in [2.75, 3.05) is 18.0 Å². The lowest BCUT2D eigenvalue weighted by molar-refractivity contribution is 0.0944. The topological polar surface area (TPSA) is 89.1 Å². The number of anilines is 1. The SMILES string of the molecule is CCn1ccc(C(=O)NCc2cccc(N3CCC(N)C3)n2)n1. The van der Waals surface area contributed by atoms with E-state index in [-0.39, 0.29) is 11.9 Å². The second-order valence-corrected chi connectivity index (χ2v) is 5.72. The van der Waals surface area contributed by atoms with Crippen LogP contribution in [0.25, 0.3) is 0 Å². The first-order valence-corrected chi connectivity index (χ1v) is 7.94. The maximum absolute atomic E-state index is 12.1. The zero-order chi connectivity index (χ0) is 16.2. The summed E-state index contributed by atoms with van der Waals surface area (Å²) in [6, 6.07) is 7.78. The van der Waals surface area contributed by atoms with Crippen molar-refractivity contribution in [1.29, 1.82) is 0 Å². The molecular weight excluding hydrogens is 292 g/mol. The third-order valence-electron chi connectivity index (χ3n) is 3.97. The Morgan fingerprint density at radius 1 is 1.43 bits per heavy atom. The summed E-state index contributed by atoms with van der Waals surface area (Å²) >= 11 is 0. The number of hydrogen-bond donors (Lipinski definition) is 2. The van der Waals surface area contributed by atoms with E-state index < -0.39 is 0 Å². The van der Waals surface area contributed by atoms with Crippen molar-refractivity contribution in [1.82, 2.24) is 20.1 Å². The summed E-state index contributed by atoms with van der Waals surface area (Å²) in [5.41, 5.74) is 7.19. The molecule has 3 N–H and O–H groups in total. The Labute approximate surface area is 135 Å². The molecule has 1 atom stereocenters. The second-order valence-electron chi connectivity index (χ2n) is 5.72. The molecule has 1 fully saturated rings. The fraction of sp³-hybridized carbons (Fsp3) is 0.438. The average Bonchev–Trinajstić information content (AvgIpc) is 3.21. The lowest BCUT2D eigenvalue weighted by atomic mass is 10.3. The monoisotopic (exact) mass is 314 g/mol. The number of nitrogens with one attached hydrogen (secondary N) is 1. The van der Waals surface area contributed by atoms with Crippen molar-refractivity contribution in [3.05, 3.63) is 41.9 Å². The molecule has 0 saturated carbocycles. The first-order valence-electron chi connectivity index (χ1n) is 7.94. The Hall–Kier alpha value is -2.41. The van der Waals surface area contributed by atoms with Crippen molar-refractivity contribution in [3.8, 4) is 0 Å². The second kappa shape index (κ2) is 6.78. The van der Waals surface area contributed by atoms with Crippen LogP contribution >= 0.6 is 0 Å². The van der Waals surface area contributed by atoms with Crippen LogP contribution in [0.3, 0.4) is 0 Å². The van der Waals surface area contributed by atoms with E-state index in [0.29, 0.717) is 12.2 Å². The summed E-state index contributed by atoms with van der Waals surface area (Å²) in [5.74, 6) is 0.729. The number of aryl methyl sites for hydroxylation is 1. The summed E-state index contributed by atoms with van der Waals surface area (Å²) in [4.78, 5) is 18.9. The van der Waals surface area contributed by atoms with Crippen LogP contribution in [0.1, 0.15) is 29.5 Å². The van der Waals surface area contributed by atoms with E-state index in [4.69, 9.17) is 5.73 Å². The number of carbonyl (C=O) groups excluding carboxylic acids is 1. The molecule has 0 bridgehead atoms. The van der Waals surface area contributed by atoms with Crippen molar-refractivity contribution >= 4 is 11.7 Å². The molecule has 23 heavy (non-hydrogen) atoms. The van der Waals surface area contributed by atoms with Crippen LogP contribution in [0.5, 0.6) is 0 Å². The predicted molar refractivity (Wildman–Crippen MR) is 88.1 cm³/mol. The highest BCUT2D eigenvalue weighted by Crippen LogP contribution is 2.17. The minimum atomic E-state index is -0.187. The lowest BCUT2D eigenvalue weighted by Gasteiger charge is -2.17. The molecule has 1 amide bonds. The fourth-order valence-corrected chi connectivity index (χ4v) is 2.66. The highest BCUT2D eigenvalue weighted by atomic mass is 16.1. The largest absolute Gasteiger partial charge is 0.355 e. The summed E-state index contributed by atoms with van der Waals surface area (Å²) in [7, 11) is 0. The van der Waals surface area contributed by atoms with Crippen LogP contribution < -0.4 is 16.0 Å². The molecule has 0 radical (unpaired) electrons. The molecule has 3 heterocycles. The van der Waals surface area contributed by atoms with Crippen molar-refractivity contribution < 1.29 is 4.79 Å². The van der Waals surface area contributed by atoms with Gasteiger partial charge in [0, 0.05) is 31.9 Å². The van der Waals surface area contributed by atoms with Gasteiger partial charge in [0.2, 0.25) is 0 Å². The summed E-state index contributed by atoms with van der Waals surface area (Å²) in [5, 5.41) is 7.05. The number of rotatable bonds is 5. The molecule has 1 saturated heterocycles. The van der Waals surface area contributed by atoms with Gasteiger partial charge in [-0.05, 0) is 31.5 Å². The van der Waals surface area contributed by atoms with Gasteiger partial charge in [-0.2, -0.15) is 5.10 Å². The van der Waals surface area contributed by atoms with E-state index in [1.165, 1.54) is 0 Å². The van der Waals surface area contributed by atoms with Crippen LogP contribution in [-0.4, -0.2) is 39.8 Å². The number of nitrogens with two attached hydrogens (primary N) is 1. The van der Waals surface area contributed by atoms with Gasteiger partial charge in [0.25, 0.3) is 5.91 Å². The third kappa shape index (κ3) is 3.68. The van der Waals surface area contributed by atoms with Gasteiger partial charge in [-0.1, -0.05) is 6.07 Å². The first kappa shape index (κ1) is 15.5. The van der Waals surface area contributed by atoms with E-state index >= 15 is 0 Å². The maximum atomic E-state index is 12.1. The lowest BCUT2D eigenvalue weighted by Crippen LogP contribution is -2.27. The number of hydrogen-bond acceptors (Lipinski definition) is 5. The third-order valence-corrected chi connectivity index (χ3v) is 3.97. The molecular formula is C16H22N6O. The van der Waals surface area contributed by atoms with E-state index in [0.717, 1.165) is 37.6 Å². The fourth-order valence-electron chi connectivity index (χ4n) is 2.66. The van der Waals surface area contributed by atoms with Crippen LogP contribution in [0.2, 0.25) is 0 Å². The van der Waals surface area contributed by atoms with Gasteiger partial charge in [0.15, 0.2) is 0 Å². The molecule has 1 unspecified atom stereocenters. The van der Waals surface area contributed by atoms with E-state index in [2.05, 4.69) is 20.3 Å². The van der Waals surface area contributed by atoms with E-state index in [1.54, 1.807) is 16.9 Å². The van der Waals surface area contributed by atoms with Gasteiger partial charge < -0.3 is 16.0 Å². The van der Waals surface area contributed by atoms with Gasteiger partial charge >= 0.3 is 0 Å². The number of pyridine rings is 1. The molecule has 1 aliphatic heterocycles. The predicted octanol–water partition coefficient (Wildman–Crippen LogP) is 0.765. The Morgan fingerprint density at radius 2 is 2.30 bits per heavy atom. The molecule has 7 heteroatoms. The summed E-state index contributed by atoms with van der Waals surface area (Å²) in [6.45, 7) is 4.87. The van der Waals surface area contributed by atoms with E-state index in [9.17, 15) is 4.79 Å². The molecule has 1 aliphatic rings. The van der Waals surface area contributed by atoms with Crippen LogP contribution in [0.4, 0.5) is 5.82 Å². The van der Waals surface area contributed by atoms with Gasteiger partial charge in [-0.25, -0.2) is 4.98 Å². The number of carbonyl (C=O) groups is 1. The highest BCUT2D eigenvalue weighted by Gasteiger charge is 2.20. The smallest absolute Gasteiger partial charge is 0.272 e. The number of nitrogens with zero attached hydrogens (tertiary/aromatic N) is 4. The zero-order valence-corrected chi connectivity index (χ0v) is 13.3.